The lowest BCUT2D eigenvalue weighted by atomic mass is 9.98. The number of benzene rings is 7. The van der Waals surface area contributed by atoms with Crippen molar-refractivity contribution in [1.82, 2.24) is 9.13 Å². The molecule has 0 radical (unpaired) electrons. The van der Waals surface area contributed by atoms with E-state index in [4.69, 9.17) is 10.2 Å². The second-order valence-corrected chi connectivity index (χ2v) is 12.3. The van der Waals surface area contributed by atoms with Gasteiger partial charge in [-0.05, 0) is 90.5 Å². The lowest BCUT2D eigenvalue weighted by Gasteiger charge is -2.15. The van der Waals surface area contributed by atoms with Crippen LogP contribution in [0, 0.1) is 11.3 Å². The highest BCUT2D eigenvalue weighted by atomic mass is 16.3. The molecule has 0 saturated carbocycles. The molecule has 48 heavy (non-hydrogen) atoms. The Morgan fingerprint density at radius 1 is 0.542 bits per heavy atom. The molecule has 0 bridgehead atoms. The van der Waals surface area contributed by atoms with Crippen LogP contribution in [0.15, 0.2) is 150 Å². The van der Waals surface area contributed by atoms with E-state index < -0.39 is 0 Å². The fourth-order valence-corrected chi connectivity index (χ4v) is 7.59. The van der Waals surface area contributed by atoms with Crippen LogP contribution in [-0.4, -0.2) is 9.13 Å². The molecule has 3 heterocycles. The fraction of sp³-hybridized carbons (Fsp3) is 0. The van der Waals surface area contributed by atoms with Crippen molar-refractivity contribution in [3.63, 3.8) is 0 Å². The highest BCUT2D eigenvalue weighted by molar-refractivity contribution is 6.24. The molecular weight excluding hydrogens is 589 g/mol. The summed E-state index contributed by atoms with van der Waals surface area (Å²) < 4.78 is 11.2. The first-order valence-electron chi connectivity index (χ1n) is 16.0. The maximum absolute atomic E-state index is 10.0. The molecule has 10 rings (SSSR count). The van der Waals surface area contributed by atoms with Gasteiger partial charge in [-0.3, -0.25) is 0 Å². The van der Waals surface area contributed by atoms with E-state index in [2.05, 4.69) is 118 Å². The Kier molecular flexibility index (Phi) is 5.43. The quantitative estimate of drug-likeness (QED) is 0.201. The van der Waals surface area contributed by atoms with Crippen molar-refractivity contribution < 1.29 is 4.42 Å². The molecule has 0 atom stereocenters. The van der Waals surface area contributed by atoms with E-state index in [1.54, 1.807) is 0 Å². The summed E-state index contributed by atoms with van der Waals surface area (Å²) in [5, 5.41) is 16.6. The van der Waals surface area contributed by atoms with Gasteiger partial charge in [0.2, 0.25) is 0 Å². The standard InChI is InChI=1S/C43H26N4O/c44-25-26-14-18-37(47-36-12-6-4-10-30(36)34-24-28(45)16-20-38(34)47)33(22-26)27-15-19-39-35(23-27)42-40(46(39)29-8-2-1-3-9-29)21-17-32-31-11-5-7-13-41(31)48-43(32)42/h1-24H,45H2. The number of hydrogen-bond acceptors (Lipinski definition) is 3. The Morgan fingerprint density at radius 3 is 2.15 bits per heavy atom. The Balaban J connectivity index is 1.32. The molecule has 0 fully saturated rings. The molecule has 0 aliphatic heterocycles. The molecule has 0 saturated heterocycles. The first-order chi connectivity index (χ1) is 23.7. The lowest BCUT2D eigenvalue weighted by molar-refractivity contribution is 0.673. The summed E-state index contributed by atoms with van der Waals surface area (Å²) in [5.41, 5.74) is 17.7. The molecular formula is C43H26N4O. The third-order valence-corrected chi connectivity index (χ3v) is 9.66. The Bertz CT molecular complexity index is 2970. The van der Waals surface area contributed by atoms with Crippen molar-refractivity contribution >= 4 is 71.2 Å². The number of anilines is 1. The SMILES string of the molecule is N#Cc1ccc(-n2c3ccccc3c3cc(N)ccc32)c(-c2ccc3c(c2)c2c4oc5ccccc5c4ccc2n3-c2ccccc2)c1. The molecule has 3 aromatic heterocycles. The van der Waals surface area contributed by atoms with Crippen LogP contribution in [0.2, 0.25) is 0 Å². The number of fused-ring (bicyclic) bond motifs is 10. The maximum atomic E-state index is 10.0. The van der Waals surface area contributed by atoms with Crippen LogP contribution in [-0.2, 0) is 0 Å². The third kappa shape index (κ3) is 3.66. The average Bonchev–Trinajstić information content (AvgIpc) is 3.79. The highest BCUT2D eigenvalue weighted by Crippen LogP contribution is 2.43. The Morgan fingerprint density at radius 2 is 1.27 bits per heavy atom. The summed E-state index contributed by atoms with van der Waals surface area (Å²) >= 11 is 0. The van der Waals surface area contributed by atoms with E-state index in [1.165, 1.54) is 0 Å². The van der Waals surface area contributed by atoms with Gasteiger partial charge in [0.15, 0.2) is 0 Å². The van der Waals surface area contributed by atoms with Crippen molar-refractivity contribution in [3.05, 3.63) is 151 Å². The molecule has 0 aliphatic carbocycles. The minimum absolute atomic E-state index is 0.602. The molecule has 10 aromatic rings. The maximum Gasteiger partial charge on any atom is 0.145 e. The second kappa shape index (κ2) is 9.86. The summed E-state index contributed by atoms with van der Waals surface area (Å²) in [6.45, 7) is 0. The minimum atomic E-state index is 0.602. The van der Waals surface area contributed by atoms with Crippen molar-refractivity contribution in [2.75, 3.05) is 5.73 Å². The van der Waals surface area contributed by atoms with Crippen LogP contribution in [0.3, 0.4) is 0 Å². The first kappa shape index (κ1) is 26.4. The molecule has 5 heteroatoms. The topological polar surface area (TPSA) is 72.8 Å². The molecule has 7 aromatic carbocycles. The van der Waals surface area contributed by atoms with E-state index in [-0.39, 0.29) is 0 Å². The second-order valence-electron chi connectivity index (χ2n) is 12.3. The van der Waals surface area contributed by atoms with Crippen molar-refractivity contribution in [2.45, 2.75) is 0 Å². The van der Waals surface area contributed by atoms with Gasteiger partial charge in [0.05, 0.1) is 44.8 Å². The summed E-state index contributed by atoms with van der Waals surface area (Å²) in [7, 11) is 0. The van der Waals surface area contributed by atoms with Gasteiger partial charge in [0.1, 0.15) is 11.2 Å². The van der Waals surface area contributed by atoms with Gasteiger partial charge in [0.25, 0.3) is 0 Å². The van der Waals surface area contributed by atoms with Gasteiger partial charge >= 0.3 is 0 Å². The number of furan rings is 1. The normalized spacial score (nSPS) is 11.8. The zero-order valence-electron chi connectivity index (χ0n) is 25.7. The number of hydrogen-bond donors (Lipinski definition) is 1. The zero-order valence-corrected chi connectivity index (χ0v) is 25.7. The molecule has 5 nitrogen and oxygen atoms in total. The Hall–Kier alpha value is -6.77. The first-order valence-corrected chi connectivity index (χ1v) is 16.0. The van der Waals surface area contributed by atoms with Gasteiger partial charge in [-0.25, -0.2) is 0 Å². The van der Waals surface area contributed by atoms with Crippen LogP contribution in [0.5, 0.6) is 0 Å². The molecule has 0 aliphatic rings. The zero-order chi connectivity index (χ0) is 31.9. The van der Waals surface area contributed by atoms with Gasteiger partial charge in [-0.2, -0.15) is 5.26 Å². The number of aromatic nitrogens is 2. The minimum Gasteiger partial charge on any atom is -0.455 e. The van der Waals surface area contributed by atoms with Crippen molar-refractivity contribution in [2.24, 2.45) is 0 Å². The number of nitrogens with zero attached hydrogens (tertiary/aromatic N) is 3. The average molecular weight is 615 g/mol. The number of para-hydroxylation sites is 3. The van der Waals surface area contributed by atoms with E-state index in [0.717, 1.165) is 93.7 Å². The number of nitriles is 1. The molecule has 0 unspecified atom stereocenters. The predicted molar refractivity (Wildman–Crippen MR) is 197 cm³/mol. The van der Waals surface area contributed by atoms with Crippen LogP contribution in [0.1, 0.15) is 5.56 Å². The van der Waals surface area contributed by atoms with Crippen molar-refractivity contribution in [1.29, 1.82) is 5.26 Å². The Labute approximate surface area is 274 Å². The molecule has 0 spiro atoms. The largest absolute Gasteiger partial charge is 0.455 e. The van der Waals surface area contributed by atoms with E-state index in [1.807, 2.05) is 42.5 Å². The predicted octanol–water partition coefficient (Wildman–Crippen LogP) is 10.9. The van der Waals surface area contributed by atoms with Crippen LogP contribution in [0.25, 0.3) is 88.1 Å². The summed E-state index contributed by atoms with van der Waals surface area (Å²) in [6, 6.07) is 52.5. The summed E-state index contributed by atoms with van der Waals surface area (Å²) in [4.78, 5) is 0. The number of nitrogen functional groups attached to an aromatic ring is 1. The number of rotatable bonds is 3. The van der Waals surface area contributed by atoms with E-state index in [0.29, 0.717) is 5.56 Å². The lowest BCUT2D eigenvalue weighted by Crippen LogP contribution is -1.98. The van der Waals surface area contributed by atoms with E-state index >= 15 is 0 Å². The van der Waals surface area contributed by atoms with E-state index in [9.17, 15) is 5.26 Å². The van der Waals surface area contributed by atoms with Gasteiger partial charge in [0, 0.05) is 43.9 Å². The van der Waals surface area contributed by atoms with Gasteiger partial charge < -0.3 is 19.3 Å². The van der Waals surface area contributed by atoms with Gasteiger partial charge in [-0.15, -0.1) is 0 Å². The number of nitrogens with two attached hydrogens (primary N) is 1. The third-order valence-electron chi connectivity index (χ3n) is 9.66. The van der Waals surface area contributed by atoms with Gasteiger partial charge in [-0.1, -0.05) is 60.7 Å². The van der Waals surface area contributed by atoms with Crippen LogP contribution >= 0.6 is 0 Å². The fourth-order valence-electron chi connectivity index (χ4n) is 7.59. The smallest absolute Gasteiger partial charge is 0.145 e. The van der Waals surface area contributed by atoms with Crippen LogP contribution in [0.4, 0.5) is 5.69 Å². The molecule has 224 valence electrons. The monoisotopic (exact) mass is 614 g/mol. The molecule has 0 amide bonds. The highest BCUT2D eigenvalue weighted by Gasteiger charge is 2.21. The molecule has 2 N–H and O–H groups in total. The summed E-state index contributed by atoms with van der Waals surface area (Å²) in [5.74, 6) is 0. The van der Waals surface area contributed by atoms with Crippen molar-refractivity contribution in [3.8, 4) is 28.6 Å². The summed E-state index contributed by atoms with van der Waals surface area (Å²) in [6.07, 6.45) is 0. The van der Waals surface area contributed by atoms with Crippen LogP contribution < -0.4 is 5.73 Å².